The molecule has 0 aliphatic carbocycles. The fraction of sp³-hybridized carbons (Fsp3) is 0.588. The standard InChI is InChI=1S/C17H27N3O4/c1-17(10-18)4-5-20(11-17)8-12-6-13(22-2)16(14(7-12)23-3)24-9-15(19)21/h6-7H,4-5,8-11,18H2,1-3H3,(H2,19,21). The van der Waals surface area contributed by atoms with Crippen LogP contribution < -0.4 is 25.7 Å². The summed E-state index contributed by atoms with van der Waals surface area (Å²) in [7, 11) is 3.11. The minimum Gasteiger partial charge on any atom is -0.493 e. The van der Waals surface area contributed by atoms with Crippen molar-refractivity contribution in [3.63, 3.8) is 0 Å². The molecular formula is C17H27N3O4. The minimum atomic E-state index is -0.554. The third-order valence-corrected chi connectivity index (χ3v) is 4.42. The molecule has 2 rings (SSSR count). The molecule has 1 aliphatic rings. The molecule has 1 amide bonds. The monoisotopic (exact) mass is 337 g/mol. The Kier molecular flexibility index (Phi) is 5.90. The van der Waals surface area contributed by atoms with Crippen LogP contribution in [0, 0.1) is 5.41 Å². The Bertz CT molecular complexity index is 568. The van der Waals surface area contributed by atoms with Crippen LogP contribution in [0.1, 0.15) is 18.9 Å². The van der Waals surface area contributed by atoms with Crippen LogP contribution in [0.15, 0.2) is 12.1 Å². The predicted molar refractivity (Wildman–Crippen MR) is 91.3 cm³/mol. The molecule has 134 valence electrons. The van der Waals surface area contributed by atoms with Gasteiger partial charge in [-0.05, 0) is 42.6 Å². The molecule has 1 aromatic rings. The highest BCUT2D eigenvalue weighted by Crippen LogP contribution is 2.39. The van der Waals surface area contributed by atoms with Crippen LogP contribution in [-0.4, -0.2) is 51.3 Å². The Labute approximate surface area is 142 Å². The Hall–Kier alpha value is -1.99. The number of methoxy groups -OCH3 is 2. The lowest BCUT2D eigenvalue weighted by molar-refractivity contribution is -0.119. The van der Waals surface area contributed by atoms with E-state index in [1.165, 1.54) is 0 Å². The molecule has 1 aromatic carbocycles. The van der Waals surface area contributed by atoms with Gasteiger partial charge in [-0.3, -0.25) is 9.69 Å². The first-order valence-electron chi connectivity index (χ1n) is 7.99. The van der Waals surface area contributed by atoms with Crippen molar-refractivity contribution in [1.82, 2.24) is 4.90 Å². The Morgan fingerprint density at radius 1 is 1.29 bits per heavy atom. The molecule has 7 nitrogen and oxygen atoms in total. The number of nitrogens with zero attached hydrogens (tertiary/aromatic N) is 1. The van der Waals surface area contributed by atoms with Crippen molar-refractivity contribution in [2.45, 2.75) is 19.9 Å². The number of amides is 1. The van der Waals surface area contributed by atoms with E-state index in [1.54, 1.807) is 14.2 Å². The van der Waals surface area contributed by atoms with Gasteiger partial charge in [0.15, 0.2) is 18.1 Å². The quantitative estimate of drug-likeness (QED) is 0.726. The summed E-state index contributed by atoms with van der Waals surface area (Å²) in [5, 5.41) is 0. The molecule has 0 spiro atoms. The van der Waals surface area contributed by atoms with Gasteiger partial charge in [0.05, 0.1) is 14.2 Å². The third-order valence-electron chi connectivity index (χ3n) is 4.42. The van der Waals surface area contributed by atoms with Crippen molar-refractivity contribution in [2.24, 2.45) is 16.9 Å². The van der Waals surface area contributed by atoms with Crippen LogP contribution >= 0.6 is 0 Å². The number of rotatable bonds is 8. The lowest BCUT2D eigenvalue weighted by Gasteiger charge is -2.23. The second-order valence-corrected chi connectivity index (χ2v) is 6.56. The van der Waals surface area contributed by atoms with Crippen molar-refractivity contribution in [2.75, 3.05) is 40.5 Å². The number of primary amides is 1. The lowest BCUT2D eigenvalue weighted by atomic mass is 9.90. The largest absolute Gasteiger partial charge is 0.493 e. The van der Waals surface area contributed by atoms with Crippen LogP contribution in [0.4, 0.5) is 0 Å². The van der Waals surface area contributed by atoms with Crippen molar-refractivity contribution < 1.29 is 19.0 Å². The van der Waals surface area contributed by atoms with Gasteiger partial charge in [-0.25, -0.2) is 0 Å². The summed E-state index contributed by atoms with van der Waals surface area (Å²) in [6.45, 7) is 5.43. The Morgan fingerprint density at radius 2 is 1.92 bits per heavy atom. The number of carbonyl (C=O) groups excluding carboxylic acids is 1. The van der Waals surface area contributed by atoms with Gasteiger partial charge >= 0.3 is 0 Å². The Balaban J connectivity index is 2.18. The maximum atomic E-state index is 11.0. The summed E-state index contributed by atoms with van der Waals surface area (Å²) < 4.78 is 16.2. The van der Waals surface area contributed by atoms with Crippen LogP contribution in [0.25, 0.3) is 0 Å². The maximum Gasteiger partial charge on any atom is 0.255 e. The second-order valence-electron chi connectivity index (χ2n) is 6.56. The fourth-order valence-electron chi connectivity index (χ4n) is 3.00. The highest BCUT2D eigenvalue weighted by molar-refractivity contribution is 5.75. The van der Waals surface area contributed by atoms with Gasteiger partial charge in [0.25, 0.3) is 5.91 Å². The SMILES string of the molecule is COc1cc(CN2CCC(C)(CN)C2)cc(OC)c1OCC(N)=O. The van der Waals surface area contributed by atoms with E-state index in [-0.39, 0.29) is 12.0 Å². The second kappa shape index (κ2) is 7.72. The average molecular weight is 337 g/mol. The van der Waals surface area contributed by atoms with E-state index < -0.39 is 5.91 Å². The molecule has 7 heteroatoms. The highest BCUT2D eigenvalue weighted by Gasteiger charge is 2.32. The molecule has 1 heterocycles. The van der Waals surface area contributed by atoms with E-state index in [0.29, 0.717) is 23.8 Å². The van der Waals surface area contributed by atoms with Crippen molar-refractivity contribution in [3.8, 4) is 17.2 Å². The van der Waals surface area contributed by atoms with Crippen LogP contribution in [0.3, 0.4) is 0 Å². The molecule has 1 atom stereocenters. The zero-order chi connectivity index (χ0) is 17.7. The first-order valence-corrected chi connectivity index (χ1v) is 7.99. The number of carbonyl (C=O) groups is 1. The van der Waals surface area contributed by atoms with Gasteiger partial charge in [-0.2, -0.15) is 0 Å². The number of hydrogen-bond donors (Lipinski definition) is 2. The lowest BCUT2D eigenvalue weighted by Crippen LogP contribution is -2.31. The van der Waals surface area contributed by atoms with E-state index in [0.717, 1.165) is 31.6 Å². The van der Waals surface area contributed by atoms with E-state index in [4.69, 9.17) is 25.7 Å². The smallest absolute Gasteiger partial charge is 0.255 e. The molecule has 4 N–H and O–H groups in total. The first kappa shape index (κ1) is 18.4. The summed E-state index contributed by atoms with van der Waals surface area (Å²) in [4.78, 5) is 13.3. The summed E-state index contributed by atoms with van der Waals surface area (Å²) in [5.41, 5.74) is 12.2. The van der Waals surface area contributed by atoms with Crippen LogP contribution in [0.5, 0.6) is 17.2 Å². The summed E-state index contributed by atoms with van der Waals surface area (Å²) in [5.74, 6) is 0.870. The third kappa shape index (κ3) is 4.30. The van der Waals surface area contributed by atoms with Gasteiger partial charge in [-0.1, -0.05) is 6.92 Å². The summed E-state index contributed by atoms with van der Waals surface area (Å²) in [6.07, 6.45) is 1.09. The topological polar surface area (TPSA) is 100 Å². The van der Waals surface area contributed by atoms with Gasteiger partial charge in [0, 0.05) is 13.1 Å². The highest BCUT2D eigenvalue weighted by atomic mass is 16.5. The number of nitrogens with two attached hydrogens (primary N) is 2. The summed E-state index contributed by atoms with van der Waals surface area (Å²) in [6, 6.07) is 3.80. The molecular weight excluding hydrogens is 310 g/mol. The molecule has 0 bridgehead atoms. The maximum absolute atomic E-state index is 11.0. The normalized spacial score (nSPS) is 20.8. The summed E-state index contributed by atoms with van der Waals surface area (Å²) >= 11 is 0. The molecule has 0 saturated carbocycles. The number of hydrogen-bond acceptors (Lipinski definition) is 6. The molecule has 0 aromatic heterocycles. The predicted octanol–water partition coefficient (Wildman–Crippen LogP) is 0.739. The van der Waals surface area contributed by atoms with Crippen molar-refractivity contribution >= 4 is 5.91 Å². The molecule has 1 saturated heterocycles. The van der Waals surface area contributed by atoms with Crippen LogP contribution in [-0.2, 0) is 11.3 Å². The molecule has 0 radical (unpaired) electrons. The zero-order valence-corrected chi connectivity index (χ0v) is 14.6. The van der Waals surface area contributed by atoms with E-state index in [1.807, 2.05) is 12.1 Å². The average Bonchev–Trinajstić information content (AvgIpc) is 2.94. The van der Waals surface area contributed by atoms with E-state index >= 15 is 0 Å². The number of likely N-dealkylation sites (tertiary alicyclic amines) is 1. The fourth-order valence-corrected chi connectivity index (χ4v) is 3.00. The van der Waals surface area contributed by atoms with Gasteiger partial charge in [-0.15, -0.1) is 0 Å². The molecule has 24 heavy (non-hydrogen) atoms. The number of ether oxygens (including phenoxy) is 3. The van der Waals surface area contributed by atoms with Gasteiger partial charge in [0.2, 0.25) is 5.75 Å². The Morgan fingerprint density at radius 3 is 2.38 bits per heavy atom. The zero-order valence-electron chi connectivity index (χ0n) is 14.6. The van der Waals surface area contributed by atoms with Crippen molar-refractivity contribution in [1.29, 1.82) is 0 Å². The number of benzene rings is 1. The minimum absolute atomic E-state index is 0.179. The van der Waals surface area contributed by atoms with Crippen molar-refractivity contribution in [3.05, 3.63) is 17.7 Å². The van der Waals surface area contributed by atoms with Gasteiger partial charge < -0.3 is 25.7 Å². The van der Waals surface area contributed by atoms with E-state index in [9.17, 15) is 4.79 Å². The van der Waals surface area contributed by atoms with Crippen LogP contribution in [0.2, 0.25) is 0 Å². The first-order chi connectivity index (χ1) is 11.4. The van der Waals surface area contributed by atoms with E-state index in [2.05, 4.69) is 11.8 Å². The van der Waals surface area contributed by atoms with Gasteiger partial charge in [0.1, 0.15) is 0 Å². The molecule has 1 fully saturated rings. The molecule has 1 aliphatic heterocycles. The molecule has 1 unspecified atom stereocenters.